The van der Waals surface area contributed by atoms with E-state index in [0.29, 0.717) is 24.0 Å². The molecule has 0 unspecified atom stereocenters. The molecule has 1 rings (SSSR count). The highest BCUT2D eigenvalue weighted by Crippen LogP contribution is 2.15. The Morgan fingerprint density at radius 2 is 0.929 bits per heavy atom. The molecule has 4 nitrogen and oxygen atoms in total. The van der Waals surface area contributed by atoms with E-state index in [0.717, 1.165) is 65.0 Å². The van der Waals surface area contributed by atoms with Crippen LogP contribution in [0.2, 0.25) is 0 Å². The minimum atomic E-state index is 0.0835. The van der Waals surface area contributed by atoms with Gasteiger partial charge in [0.2, 0.25) is 0 Å². The molecule has 28 heavy (non-hydrogen) atoms. The summed E-state index contributed by atoms with van der Waals surface area (Å²) < 4.78 is 0. The highest BCUT2D eigenvalue weighted by Gasteiger charge is 2.18. The van der Waals surface area contributed by atoms with E-state index in [4.69, 9.17) is 0 Å². The fourth-order valence-electron chi connectivity index (χ4n) is 3.69. The summed E-state index contributed by atoms with van der Waals surface area (Å²) in [5.74, 6) is 0.167. The van der Waals surface area contributed by atoms with Crippen molar-refractivity contribution in [2.24, 2.45) is 0 Å². The molecule has 4 heteroatoms. The van der Waals surface area contributed by atoms with Gasteiger partial charge in [-0.05, 0) is 51.9 Å². The lowest BCUT2D eigenvalue weighted by molar-refractivity contribution is 0.0930. The van der Waals surface area contributed by atoms with Crippen molar-refractivity contribution in [1.29, 1.82) is 0 Å². The van der Waals surface area contributed by atoms with Crippen LogP contribution in [0.3, 0.4) is 0 Å². The lowest BCUT2D eigenvalue weighted by Crippen LogP contribution is -2.29. The molecule has 0 aromatic heterocycles. The molecular weight excluding hydrogens is 348 g/mol. The molecule has 0 radical (unpaired) electrons. The quantitative estimate of drug-likeness (QED) is 0.370. The van der Waals surface area contributed by atoms with Gasteiger partial charge in [0.1, 0.15) is 0 Å². The maximum atomic E-state index is 12.8. The number of hydrogen-bond acceptors (Lipinski definition) is 4. The molecule has 0 N–H and O–H groups in total. The minimum absolute atomic E-state index is 0.0835. The zero-order valence-corrected chi connectivity index (χ0v) is 18.5. The molecular formula is C24H40N2O2. The SMILES string of the molecule is CCCN(CCC)CCC(=O)c1ccccc1C(=O)CCN(CCC)CCC. The predicted molar refractivity (Wildman–Crippen MR) is 118 cm³/mol. The Labute approximate surface area is 172 Å². The zero-order chi connectivity index (χ0) is 20.8. The van der Waals surface area contributed by atoms with Crippen LogP contribution in [0, 0.1) is 0 Å². The van der Waals surface area contributed by atoms with E-state index in [9.17, 15) is 9.59 Å². The van der Waals surface area contributed by atoms with Gasteiger partial charge < -0.3 is 9.80 Å². The van der Waals surface area contributed by atoms with Gasteiger partial charge in [-0.2, -0.15) is 0 Å². The summed E-state index contributed by atoms with van der Waals surface area (Å²) in [6, 6.07) is 7.35. The van der Waals surface area contributed by atoms with Crippen LogP contribution in [0.25, 0.3) is 0 Å². The number of benzene rings is 1. The average Bonchev–Trinajstić information content (AvgIpc) is 2.70. The molecule has 0 heterocycles. The molecule has 0 spiro atoms. The smallest absolute Gasteiger partial charge is 0.164 e. The summed E-state index contributed by atoms with van der Waals surface area (Å²) in [6.07, 6.45) is 5.32. The number of carbonyl (C=O) groups excluding carboxylic acids is 2. The molecule has 0 atom stereocenters. The third kappa shape index (κ3) is 8.66. The standard InChI is InChI=1S/C24H40N2O2/c1-5-15-25(16-6-2)19-13-23(27)21-11-9-10-12-22(21)24(28)14-20-26(17-7-3)18-8-4/h9-12H,5-8,13-20H2,1-4H3. The van der Waals surface area contributed by atoms with Crippen LogP contribution in [0.15, 0.2) is 24.3 Å². The van der Waals surface area contributed by atoms with Gasteiger partial charge in [0.15, 0.2) is 11.6 Å². The number of nitrogens with zero attached hydrogens (tertiary/aromatic N) is 2. The van der Waals surface area contributed by atoms with Crippen molar-refractivity contribution in [3.63, 3.8) is 0 Å². The molecule has 0 saturated carbocycles. The van der Waals surface area contributed by atoms with Crippen molar-refractivity contribution < 1.29 is 9.59 Å². The number of ketones is 2. The molecule has 0 amide bonds. The number of hydrogen-bond donors (Lipinski definition) is 0. The molecule has 1 aromatic rings. The fraction of sp³-hybridized carbons (Fsp3) is 0.667. The Hall–Kier alpha value is -1.52. The van der Waals surface area contributed by atoms with Crippen LogP contribution in [0.4, 0.5) is 0 Å². The number of carbonyl (C=O) groups is 2. The van der Waals surface area contributed by atoms with Gasteiger partial charge in [0.25, 0.3) is 0 Å². The van der Waals surface area contributed by atoms with Gasteiger partial charge in [-0.15, -0.1) is 0 Å². The van der Waals surface area contributed by atoms with Gasteiger partial charge in [-0.1, -0.05) is 52.0 Å². The van der Waals surface area contributed by atoms with Gasteiger partial charge in [0.05, 0.1) is 0 Å². The Morgan fingerprint density at radius 3 is 1.21 bits per heavy atom. The first kappa shape index (κ1) is 24.5. The maximum Gasteiger partial charge on any atom is 0.164 e. The maximum absolute atomic E-state index is 12.8. The minimum Gasteiger partial charge on any atom is -0.303 e. The van der Waals surface area contributed by atoms with Gasteiger partial charge in [0, 0.05) is 37.1 Å². The normalized spacial score (nSPS) is 11.4. The Balaban J connectivity index is 2.74. The first-order chi connectivity index (χ1) is 13.6. The van der Waals surface area contributed by atoms with Crippen LogP contribution >= 0.6 is 0 Å². The molecule has 0 aliphatic carbocycles. The Kier molecular flexibility index (Phi) is 12.7. The van der Waals surface area contributed by atoms with Crippen molar-refractivity contribution in [1.82, 2.24) is 9.80 Å². The third-order valence-corrected chi connectivity index (χ3v) is 5.00. The van der Waals surface area contributed by atoms with Crippen molar-refractivity contribution in [2.75, 3.05) is 39.3 Å². The lowest BCUT2D eigenvalue weighted by atomic mass is 9.97. The summed E-state index contributed by atoms with van der Waals surface area (Å²) in [5.41, 5.74) is 1.19. The summed E-state index contributed by atoms with van der Waals surface area (Å²) in [7, 11) is 0. The summed E-state index contributed by atoms with van der Waals surface area (Å²) in [5, 5.41) is 0. The second-order valence-corrected chi connectivity index (χ2v) is 7.58. The third-order valence-electron chi connectivity index (χ3n) is 5.00. The average molecular weight is 389 g/mol. The zero-order valence-electron chi connectivity index (χ0n) is 18.5. The monoisotopic (exact) mass is 388 g/mol. The molecule has 0 saturated heterocycles. The topological polar surface area (TPSA) is 40.6 Å². The van der Waals surface area contributed by atoms with E-state index in [1.807, 2.05) is 24.3 Å². The molecule has 158 valence electrons. The molecule has 0 bridgehead atoms. The molecule has 0 aliphatic heterocycles. The summed E-state index contributed by atoms with van der Waals surface area (Å²) >= 11 is 0. The highest BCUT2D eigenvalue weighted by atomic mass is 16.1. The lowest BCUT2D eigenvalue weighted by Gasteiger charge is -2.21. The molecule has 0 fully saturated rings. The van der Waals surface area contributed by atoms with Crippen LogP contribution in [0.5, 0.6) is 0 Å². The summed E-state index contributed by atoms with van der Waals surface area (Å²) in [4.78, 5) is 30.4. The van der Waals surface area contributed by atoms with Crippen LogP contribution in [-0.2, 0) is 0 Å². The van der Waals surface area contributed by atoms with Crippen molar-refractivity contribution in [3.8, 4) is 0 Å². The van der Waals surface area contributed by atoms with E-state index in [2.05, 4.69) is 37.5 Å². The van der Waals surface area contributed by atoms with E-state index in [1.165, 1.54) is 0 Å². The highest BCUT2D eigenvalue weighted by molar-refractivity contribution is 6.08. The van der Waals surface area contributed by atoms with Gasteiger partial charge in [-0.25, -0.2) is 0 Å². The summed E-state index contributed by atoms with van der Waals surface area (Å²) in [6.45, 7) is 14.3. The molecule has 0 aliphatic rings. The van der Waals surface area contributed by atoms with E-state index in [-0.39, 0.29) is 11.6 Å². The second-order valence-electron chi connectivity index (χ2n) is 7.58. The predicted octanol–water partition coefficient (Wildman–Crippen LogP) is 5.08. The van der Waals surface area contributed by atoms with Crippen molar-refractivity contribution in [3.05, 3.63) is 35.4 Å². The fourth-order valence-corrected chi connectivity index (χ4v) is 3.69. The van der Waals surface area contributed by atoms with E-state index >= 15 is 0 Å². The van der Waals surface area contributed by atoms with Crippen molar-refractivity contribution >= 4 is 11.6 Å². The number of Topliss-reactive ketones (excluding diaryl/α,β-unsaturated/α-hetero) is 2. The molecule has 1 aromatic carbocycles. The van der Waals surface area contributed by atoms with Crippen LogP contribution in [-0.4, -0.2) is 60.6 Å². The van der Waals surface area contributed by atoms with Crippen LogP contribution < -0.4 is 0 Å². The first-order valence-electron chi connectivity index (χ1n) is 11.2. The first-order valence-corrected chi connectivity index (χ1v) is 11.2. The Bertz CT molecular complexity index is 523. The van der Waals surface area contributed by atoms with E-state index in [1.54, 1.807) is 0 Å². The van der Waals surface area contributed by atoms with Gasteiger partial charge in [-0.3, -0.25) is 9.59 Å². The van der Waals surface area contributed by atoms with Crippen LogP contribution in [0.1, 0.15) is 86.9 Å². The number of rotatable bonds is 16. The second kappa shape index (κ2) is 14.5. The Morgan fingerprint density at radius 1 is 0.607 bits per heavy atom. The largest absolute Gasteiger partial charge is 0.303 e. The van der Waals surface area contributed by atoms with Crippen molar-refractivity contribution in [2.45, 2.75) is 66.2 Å². The van der Waals surface area contributed by atoms with E-state index < -0.39 is 0 Å². The van der Waals surface area contributed by atoms with Gasteiger partial charge >= 0.3 is 0 Å².